The Morgan fingerprint density at radius 2 is 1.47 bits per heavy atom. The highest BCUT2D eigenvalue weighted by Crippen LogP contribution is 2.31. The standard InChI is InChI=1S/C18H37N5O7/c1-6-11(23)13(25)14(26)18(27-6)30-16-12(24)9(21)4-10(22)15(16)29-17-8(20)3-2-7(5-19)28-17/h6-18,24-26H,2-5,19-23H2,1H3/t6?,7?,8?,9-,10?,11+,12?,13+,14?,15?,16-,17+,18+/m1/s1. The third-order valence-electron chi connectivity index (χ3n) is 6.32. The summed E-state index contributed by atoms with van der Waals surface area (Å²) in [5, 5.41) is 31.3. The largest absolute Gasteiger partial charge is 0.389 e. The van der Waals surface area contributed by atoms with Crippen molar-refractivity contribution in [3.8, 4) is 0 Å². The van der Waals surface area contributed by atoms with Crippen LogP contribution in [0.25, 0.3) is 0 Å². The van der Waals surface area contributed by atoms with Gasteiger partial charge in [0.2, 0.25) is 0 Å². The zero-order chi connectivity index (χ0) is 22.2. The van der Waals surface area contributed by atoms with Gasteiger partial charge in [0, 0.05) is 18.6 Å². The zero-order valence-electron chi connectivity index (χ0n) is 17.2. The van der Waals surface area contributed by atoms with Gasteiger partial charge in [0.1, 0.15) is 24.4 Å². The minimum Gasteiger partial charge on any atom is -0.389 e. The first-order chi connectivity index (χ1) is 14.1. The van der Waals surface area contributed by atoms with E-state index in [9.17, 15) is 15.3 Å². The van der Waals surface area contributed by atoms with Gasteiger partial charge in [0.25, 0.3) is 0 Å². The Labute approximate surface area is 175 Å². The molecule has 176 valence electrons. The lowest BCUT2D eigenvalue weighted by molar-refractivity contribution is -0.321. The predicted molar refractivity (Wildman–Crippen MR) is 106 cm³/mol. The van der Waals surface area contributed by atoms with E-state index in [1.807, 2.05) is 0 Å². The average molecular weight is 436 g/mol. The first kappa shape index (κ1) is 24.2. The molecule has 12 nitrogen and oxygen atoms in total. The van der Waals surface area contributed by atoms with Crippen LogP contribution in [0.15, 0.2) is 0 Å². The first-order valence-corrected chi connectivity index (χ1v) is 10.5. The molecule has 0 aromatic carbocycles. The number of rotatable bonds is 5. The molecule has 1 saturated carbocycles. The second-order valence-corrected chi connectivity index (χ2v) is 8.63. The molecular formula is C18H37N5O7. The summed E-state index contributed by atoms with van der Waals surface area (Å²) in [6, 6.07) is -2.44. The zero-order valence-corrected chi connectivity index (χ0v) is 17.2. The molecule has 30 heavy (non-hydrogen) atoms. The van der Waals surface area contributed by atoms with E-state index in [1.165, 1.54) is 0 Å². The fourth-order valence-corrected chi connectivity index (χ4v) is 4.26. The maximum Gasteiger partial charge on any atom is 0.187 e. The van der Waals surface area contributed by atoms with Gasteiger partial charge in [-0.25, -0.2) is 0 Å². The van der Waals surface area contributed by atoms with E-state index < -0.39 is 73.4 Å². The van der Waals surface area contributed by atoms with E-state index in [0.29, 0.717) is 13.0 Å². The number of hydrogen-bond acceptors (Lipinski definition) is 12. The molecular weight excluding hydrogens is 398 g/mol. The van der Waals surface area contributed by atoms with Gasteiger partial charge >= 0.3 is 0 Å². The van der Waals surface area contributed by atoms with Crippen LogP contribution >= 0.6 is 0 Å². The second-order valence-electron chi connectivity index (χ2n) is 8.63. The van der Waals surface area contributed by atoms with Crippen molar-refractivity contribution in [3.63, 3.8) is 0 Å². The number of hydrogen-bond donors (Lipinski definition) is 8. The maximum absolute atomic E-state index is 10.7. The Bertz CT molecular complexity index is 563. The van der Waals surface area contributed by atoms with Crippen molar-refractivity contribution in [2.24, 2.45) is 28.7 Å². The van der Waals surface area contributed by atoms with Crippen molar-refractivity contribution < 1.29 is 34.3 Å². The molecule has 13 N–H and O–H groups in total. The van der Waals surface area contributed by atoms with Gasteiger partial charge in [-0.2, -0.15) is 0 Å². The van der Waals surface area contributed by atoms with Crippen molar-refractivity contribution >= 4 is 0 Å². The minimum atomic E-state index is -1.42. The van der Waals surface area contributed by atoms with Crippen LogP contribution in [0.5, 0.6) is 0 Å². The lowest BCUT2D eigenvalue weighted by atomic mass is 9.84. The van der Waals surface area contributed by atoms with Gasteiger partial charge in [0.05, 0.1) is 30.4 Å². The highest BCUT2D eigenvalue weighted by Gasteiger charge is 2.49. The van der Waals surface area contributed by atoms with Crippen LogP contribution < -0.4 is 28.7 Å². The normalized spacial score (nSPS) is 52.9. The maximum atomic E-state index is 10.7. The van der Waals surface area contributed by atoms with Gasteiger partial charge in [-0.3, -0.25) is 0 Å². The molecule has 3 rings (SSSR count). The summed E-state index contributed by atoms with van der Waals surface area (Å²) in [6.45, 7) is 1.98. The molecule has 13 atom stereocenters. The Morgan fingerprint density at radius 3 is 2.13 bits per heavy atom. The van der Waals surface area contributed by atoms with Crippen LogP contribution in [0.1, 0.15) is 26.2 Å². The molecule has 7 unspecified atom stereocenters. The molecule has 0 aromatic rings. The highest BCUT2D eigenvalue weighted by atomic mass is 16.7. The lowest BCUT2D eigenvalue weighted by Gasteiger charge is -2.47. The minimum absolute atomic E-state index is 0.192. The number of ether oxygens (including phenoxy) is 4. The van der Waals surface area contributed by atoms with Crippen molar-refractivity contribution in [3.05, 3.63) is 0 Å². The third-order valence-corrected chi connectivity index (χ3v) is 6.32. The van der Waals surface area contributed by atoms with Gasteiger partial charge in [-0.05, 0) is 26.2 Å². The summed E-state index contributed by atoms with van der Waals surface area (Å²) >= 11 is 0. The van der Waals surface area contributed by atoms with E-state index in [0.717, 1.165) is 6.42 Å². The summed E-state index contributed by atoms with van der Waals surface area (Å²) in [5.74, 6) is 0. The molecule has 0 spiro atoms. The SMILES string of the molecule is CC1O[C@@H](O[C@H]2C(O[C@@H]3OC(CN)CCC3N)C(N)C[C@@H](N)C2O)C(O)[C@@H](O)[C@H]1N. The molecule has 0 bridgehead atoms. The topological polar surface area (TPSA) is 228 Å². The summed E-state index contributed by atoms with van der Waals surface area (Å²) in [7, 11) is 0. The van der Waals surface area contributed by atoms with Crippen molar-refractivity contribution in [1.29, 1.82) is 0 Å². The molecule has 3 aliphatic rings. The fraction of sp³-hybridized carbons (Fsp3) is 1.00. The van der Waals surface area contributed by atoms with Gasteiger partial charge in [0.15, 0.2) is 12.6 Å². The summed E-state index contributed by atoms with van der Waals surface area (Å²) in [5.41, 5.74) is 30.0. The molecule has 12 heteroatoms. The monoisotopic (exact) mass is 435 g/mol. The van der Waals surface area contributed by atoms with Gasteiger partial charge in [-0.15, -0.1) is 0 Å². The Balaban J connectivity index is 1.76. The van der Waals surface area contributed by atoms with Crippen molar-refractivity contribution in [2.45, 2.75) is 106 Å². The molecule has 3 fully saturated rings. The van der Waals surface area contributed by atoms with Crippen LogP contribution in [0.3, 0.4) is 0 Å². The van der Waals surface area contributed by atoms with E-state index >= 15 is 0 Å². The van der Waals surface area contributed by atoms with Gasteiger partial charge < -0.3 is 62.9 Å². The quantitative estimate of drug-likeness (QED) is 0.205. The first-order valence-electron chi connectivity index (χ1n) is 10.5. The molecule has 0 amide bonds. The summed E-state index contributed by atoms with van der Waals surface area (Å²) < 4.78 is 23.4. The summed E-state index contributed by atoms with van der Waals surface area (Å²) in [6.07, 6.45) is -6.88. The van der Waals surface area contributed by atoms with Crippen LogP contribution in [-0.4, -0.2) is 101 Å². The van der Waals surface area contributed by atoms with E-state index in [2.05, 4.69) is 0 Å². The number of aliphatic hydroxyl groups is 3. The van der Waals surface area contributed by atoms with E-state index in [4.69, 9.17) is 47.6 Å². The molecule has 0 aromatic heterocycles. The second kappa shape index (κ2) is 9.98. The van der Waals surface area contributed by atoms with Crippen molar-refractivity contribution in [2.75, 3.05) is 6.54 Å². The molecule has 2 heterocycles. The van der Waals surface area contributed by atoms with E-state index in [1.54, 1.807) is 6.92 Å². The summed E-state index contributed by atoms with van der Waals surface area (Å²) in [4.78, 5) is 0. The smallest absolute Gasteiger partial charge is 0.187 e. The molecule has 2 saturated heterocycles. The van der Waals surface area contributed by atoms with Crippen molar-refractivity contribution in [1.82, 2.24) is 0 Å². The average Bonchev–Trinajstić information content (AvgIpc) is 2.72. The Morgan fingerprint density at radius 1 is 0.800 bits per heavy atom. The molecule has 1 aliphatic carbocycles. The Hall–Kier alpha value is -0.480. The van der Waals surface area contributed by atoms with Crippen LogP contribution in [0, 0.1) is 0 Å². The Kier molecular flexibility index (Phi) is 8.04. The van der Waals surface area contributed by atoms with Crippen LogP contribution in [0.4, 0.5) is 0 Å². The lowest BCUT2D eigenvalue weighted by Crippen LogP contribution is -2.67. The van der Waals surface area contributed by atoms with Crippen LogP contribution in [0.2, 0.25) is 0 Å². The molecule has 0 radical (unpaired) electrons. The highest BCUT2D eigenvalue weighted by molar-refractivity contribution is 5.00. The third kappa shape index (κ3) is 4.95. The number of nitrogens with two attached hydrogens (primary N) is 5. The van der Waals surface area contributed by atoms with Crippen LogP contribution in [-0.2, 0) is 18.9 Å². The number of aliphatic hydroxyl groups excluding tert-OH is 3. The van der Waals surface area contributed by atoms with E-state index in [-0.39, 0.29) is 12.5 Å². The van der Waals surface area contributed by atoms with Gasteiger partial charge in [-0.1, -0.05) is 0 Å². The predicted octanol–water partition coefficient (Wildman–Crippen LogP) is -4.24. The fourth-order valence-electron chi connectivity index (χ4n) is 4.26. The molecule has 2 aliphatic heterocycles.